The Balaban J connectivity index is 1.34. The first-order valence-corrected chi connectivity index (χ1v) is 16.4. The maximum Gasteiger partial charge on any atom is 0.407 e. The predicted octanol–water partition coefficient (Wildman–Crippen LogP) is 4.75. The van der Waals surface area contributed by atoms with Crippen LogP contribution in [0.5, 0.6) is 0 Å². The normalized spacial score (nSPS) is 15.9. The number of carbonyl (C=O) groups excluding carboxylic acids is 2. The molecule has 2 amide bonds. The number of aryl methyl sites for hydroxylation is 1. The summed E-state index contributed by atoms with van der Waals surface area (Å²) in [4.78, 5) is 35.8. The first kappa shape index (κ1) is 33.6. The summed E-state index contributed by atoms with van der Waals surface area (Å²) in [6.07, 6.45) is 3.84. The number of rotatable bonds is 13. The Morgan fingerprint density at radius 1 is 1.02 bits per heavy atom. The number of alkyl carbamates (subject to hydrolysis) is 1. The molecule has 5 N–H and O–H groups in total. The molecule has 0 aliphatic carbocycles. The van der Waals surface area contributed by atoms with Crippen LogP contribution in [0.2, 0.25) is 0 Å². The molecule has 2 heterocycles. The number of aromatic nitrogens is 2. The van der Waals surface area contributed by atoms with Crippen LogP contribution in [0.1, 0.15) is 28.7 Å². The summed E-state index contributed by atoms with van der Waals surface area (Å²) in [7, 11) is 1.27. The van der Waals surface area contributed by atoms with Gasteiger partial charge in [0.1, 0.15) is 23.7 Å². The van der Waals surface area contributed by atoms with Gasteiger partial charge >= 0.3 is 6.09 Å². The van der Waals surface area contributed by atoms with Gasteiger partial charge in [0.2, 0.25) is 0 Å². The standard InChI is InChI=1S/C35H39N7O4S/c1-45-35(44)39-21-32(43)42(31-14-8-6-12-26(31)17-24-9-3-2-4-10-24)30-13-7-5-11-25(30)15-16-27-19-38-20-28(46-27)22-47-34-29(18-36)33(37)40-23-41-34/h2-14,18,23,27-28,36,38H,15-17,19-22H2,1H3,(H,39,44)(H2,37,40,41)/t27-,28+/m1/s1. The van der Waals surface area contributed by atoms with Crippen LogP contribution in [0.15, 0.2) is 90.2 Å². The Morgan fingerprint density at radius 3 is 2.45 bits per heavy atom. The molecule has 0 saturated carbocycles. The summed E-state index contributed by atoms with van der Waals surface area (Å²) in [5.41, 5.74) is 11.0. The summed E-state index contributed by atoms with van der Waals surface area (Å²) >= 11 is 1.50. The van der Waals surface area contributed by atoms with Crippen LogP contribution in [0, 0.1) is 5.41 Å². The van der Waals surface area contributed by atoms with Crippen molar-refractivity contribution in [1.29, 1.82) is 5.41 Å². The zero-order valence-electron chi connectivity index (χ0n) is 26.2. The van der Waals surface area contributed by atoms with Gasteiger partial charge < -0.3 is 31.3 Å². The van der Waals surface area contributed by atoms with E-state index in [4.69, 9.17) is 20.6 Å². The Labute approximate surface area is 278 Å². The second-order valence-corrected chi connectivity index (χ2v) is 12.0. The number of benzene rings is 3. The number of nitrogens with one attached hydrogen (secondary N) is 3. The van der Waals surface area contributed by atoms with Gasteiger partial charge in [-0.15, -0.1) is 11.8 Å². The van der Waals surface area contributed by atoms with E-state index in [1.54, 1.807) is 4.90 Å². The summed E-state index contributed by atoms with van der Waals surface area (Å²) in [5, 5.41) is 14.4. The molecule has 1 saturated heterocycles. The van der Waals surface area contributed by atoms with Gasteiger partial charge in [0.25, 0.3) is 5.91 Å². The number of anilines is 3. The molecule has 244 valence electrons. The number of hydrogen-bond acceptors (Lipinski definition) is 10. The molecule has 47 heavy (non-hydrogen) atoms. The van der Waals surface area contributed by atoms with E-state index in [1.807, 2.05) is 66.7 Å². The van der Waals surface area contributed by atoms with E-state index in [0.29, 0.717) is 42.3 Å². The van der Waals surface area contributed by atoms with E-state index in [9.17, 15) is 9.59 Å². The van der Waals surface area contributed by atoms with Gasteiger partial charge in [-0.1, -0.05) is 66.7 Å². The minimum atomic E-state index is -0.670. The Bertz CT molecular complexity index is 1670. The number of para-hydroxylation sites is 2. The van der Waals surface area contributed by atoms with Gasteiger partial charge in [0.15, 0.2) is 0 Å². The molecule has 11 nitrogen and oxygen atoms in total. The van der Waals surface area contributed by atoms with Crippen LogP contribution >= 0.6 is 11.8 Å². The van der Waals surface area contributed by atoms with Gasteiger partial charge in [-0.05, 0) is 48.1 Å². The van der Waals surface area contributed by atoms with E-state index < -0.39 is 6.09 Å². The molecule has 5 rings (SSSR count). The molecule has 0 spiro atoms. The average Bonchev–Trinajstić information content (AvgIpc) is 3.10. The van der Waals surface area contributed by atoms with Crippen LogP contribution in [0.3, 0.4) is 0 Å². The number of nitrogen functional groups attached to an aromatic ring is 1. The van der Waals surface area contributed by atoms with Crippen LogP contribution in [0.4, 0.5) is 22.0 Å². The minimum absolute atomic E-state index is 0.0457. The van der Waals surface area contributed by atoms with Crippen LogP contribution in [-0.4, -0.2) is 72.9 Å². The lowest BCUT2D eigenvalue weighted by Gasteiger charge is -2.32. The summed E-state index contributed by atoms with van der Waals surface area (Å²) in [5.74, 6) is 0.643. The summed E-state index contributed by atoms with van der Waals surface area (Å²) in [6, 6.07) is 25.8. The van der Waals surface area contributed by atoms with Crippen molar-refractivity contribution in [3.63, 3.8) is 0 Å². The Hall–Kier alpha value is -4.78. The lowest BCUT2D eigenvalue weighted by Crippen LogP contribution is -2.46. The predicted molar refractivity (Wildman–Crippen MR) is 185 cm³/mol. The molecule has 2 atom stereocenters. The zero-order chi connectivity index (χ0) is 33.0. The molecule has 0 radical (unpaired) electrons. The molecule has 1 aromatic heterocycles. The monoisotopic (exact) mass is 653 g/mol. The van der Waals surface area contributed by atoms with Crippen molar-refractivity contribution in [2.75, 3.05) is 43.1 Å². The second kappa shape index (κ2) is 16.7. The summed E-state index contributed by atoms with van der Waals surface area (Å²) < 4.78 is 11.2. The Morgan fingerprint density at radius 2 is 1.70 bits per heavy atom. The van der Waals surface area contributed by atoms with Gasteiger partial charge in [-0.3, -0.25) is 9.69 Å². The number of hydrogen-bond donors (Lipinski definition) is 4. The lowest BCUT2D eigenvalue weighted by molar-refractivity contribution is -0.117. The molecule has 4 aromatic rings. The third kappa shape index (κ3) is 8.94. The number of thioether (sulfide) groups is 1. The maximum atomic E-state index is 13.9. The van der Waals surface area contributed by atoms with E-state index in [0.717, 1.165) is 34.5 Å². The van der Waals surface area contributed by atoms with Crippen LogP contribution < -0.4 is 21.3 Å². The molecular formula is C35H39N7O4S. The number of nitrogens with zero attached hydrogens (tertiary/aromatic N) is 3. The van der Waals surface area contributed by atoms with Crippen LogP contribution in [-0.2, 0) is 27.1 Å². The molecule has 0 bridgehead atoms. The number of carbonyl (C=O) groups is 2. The number of morpholine rings is 1. The number of amides is 2. The van der Waals surface area contributed by atoms with Gasteiger partial charge in [0.05, 0.1) is 36.3 Å². The maximum absolute atomic E-state index is 13.9. The first-order chi connectivity index (χ1) is 23.0. The highest BCUT2D eigenvalue weighted by molar-refractivity contribution is 7.99. The highest BCUT2D eigenvalue weighted by Gasteiger charge is 2.26. The van der Waals surface area contributed by atoms with Gasteiger partial charge in [-0.2, -0.15) is 0 Å². The molecule has 12 heteroatoms. The van der Waals surface area contributed by atoms with Crippen molar-refractivity contribution in [2.24, 2.45) is 0 Å². The van der Waals surface area contributed by atoms with E-state index in [2.05, 4.69) is 32.7 Å². The molecule has 0 unspecified atom stereocenters. The molecule has 3 aromatic carbocycles. The Kier molecular flexibility index (Phi) is 11.9. The van der Waals surface area contributed by atoms with E-state index in [-0.39, 0.29) is 30.5 Å². The minimum Gasteiger partial charge on any atom is -0.453 e. The largest absolute Gasteiger partial charge is 0.453 e. The lowest BCUT2D eigenvalue weighted by atomic mass is 9.99. The number of methoxy groups -OCH3 is 1. The quantitative estimate of drug-likeness (QED) is 0.0909. The van der Waals surface area contributed by atoms with Crippen molar-refractivity contribution in [3.8, 4) is 0 Å². The first-order valence-electron chi connectivity index (χ1n) is 15.4. The van der Waals surface area contributed by atoms with Crippen molar-refractivity contribution >= 4 is 47.2 Å². The van der Waals surface area contributed by atoms with Crippen molar-refractivity contribution in [3.05, 3.63) is 107 Å². The van der Waals surface area contributed by atoms with Crippen molar-refractivity contribution < 1.29 is 19.1 Å². The number of nitrogens with two attached hydrogens (primary N) is 1. The molecule has 1 aliphatic heterocycles. The smallest absolute Gasteiger partial charge is 0.407 e. The SMILES string of the molecule is COC(=O)NCC(=O)N(c1ccccc1CC[C@@H]1CNC[C@@H](CSc2ncnc(N)c2C=N)O1)c1ccccc1Cc1ccccc1. The second-order valence-electron chi connectivity index (χ2n) is 11.0. The highest BCUT2D eigenvalue weighted by atomic mass is 32.2. The zero-order valence-corrected chi connectivity index (χ0v) is 27.0. The van der Waals surface area contributed by atoms with E-state index in [1.165, 1.54) is 31.4 Å². The van der Waals surface area contributed by atoms with E-state index >= 15 is 0 Å². The molecule has 1 fully saturated rings. The van der Waals surface area contributed by atoms with Crippen molar-refractivity contribution in [1.82, 2.24) is 20.6 Å². The fraction of sp³-hybridized carbons (Fsp3) is 0.286. The van der Waals surface area contributed by atoms with Gasteiger partial charge in [-0.25, -0.2) is 14.8 Å². The highest BCUT2D eigenvalue weighted by Crippen LogP contribution is 2.34. The fourth-order valence-corrected chi connectivity index (χ4v) is 6.49. The topological polar surface area (TPSA) is 156 Å². The third-order valence-corrected chi connectivity index (χ3v) is 8.95. The van der Waals surface area contributed by atoms with Crippen molar-refractivity contribution in [2.45, 2.75) is 36.5 Å². The molecular weight excluding hydrogens is 614 g/mol. The van der Waals surface area contributed by atoms with Crippen LogP contribution in [0.25, 0.3) is 0 Å². The fourth-order valence-electron chi connectivity index (χ4n) is 5.51. The average molecular weight is 654 g/mol. The van der Waals surface area contributed by atoms with Gasteiger partial charge in [0, 0.05) is 25.1 Å². The molecule has 1 aliphatic rings. The number of ether oxygens (including phenoxy) is 2. The third-order valence-electron chi connectivity index (χ3n) is 7.81. The summed E-state index contributed by atoms with van der Waals surface area (Å²) in [6.45, 7) is 1.18.